The summed E-state index contributed by atoms with van der Waals surface area (Å²) in [4.78, 5) is 0. The molecule has 2 aromatic rings. The lowest BCUT2D eigenvalue weighted by atomic mass is 9.99. The van der Waals surface area contributed by atoms with Crippen molar-refractivity contribution >= 4 is 0 Å². The predicted octanol–water partition coefficient (Wildman–Crippen LogP) is 3.60. The SMILES string of the molecule is COc1ccc(C(O)CCCC(O)CCc2ccc(O)cc2)cc1. The quantitative estimate of drug-likeness (QED) is 0.657. The van der Waals surface area contributed by atoms with E-state index < -0.39 is 6.10 Å². The molecule has 4 heteroatoms. The Morgan fingerprint density at radius 1 is 0.875 bits per heavy atom. The Bertz CT molecular complexity index is 592. The summed E-state index contributed by atoms with van der Waals surface area (Å²) >= 11 is 0. The lowest BCUT2D eigenvalue weighted by Gasteiger charge is -2.14. The van der Waals surface area contributed by atoms with E-state index >= 15 is 0 Å². The van der Waals surface area contributed by atoms with Crippen LogP contribution in [0.2, 0.25) is 0 Å². The minimum absolute atomic E-state index is 0.256. The highest BCUT2D eigenvalue weighted by Gasteiger charge is 2.10. The van der Waals surface area contributed by atoms with Gasteiger partial charge in [0, 0.05) is 0 Å². The number of rotatable bonds is 9. The fraction of sp³-hybridized carbons (Fsp3) is 0.400. The molecule has 0 spiro atoms. The second-order valence-electron chi connectivity index (χ2n) is 6.08. The maximum absolute atomic E-state index is 10.2. The van der Waals surface area contributed by atoms with Crippen molar-refractivity contribution < 1.29 is 20.1 Å². The number of methoxy groups -OCH3 is 1. The number of phenolic OH excluding ortho intramolecular Hbond substituents is 1. The van der Waals surface area contributed by atoms with Crippen LogP contribution in [0.1, 0.15) is 42.9 Å². The van der Waals surface area contributed by atoms with Crippen LogP contribution in [0.4, 0.5) is 0 Å². The normalized spacial score (nSPS) is 13.5. The largest absolute Gasteiger partial charge is 0.508 e. The first-order valence-electron chi connectivity index (χ1n) is 8.36. The maximum atomic E-state index is 10.2. The molecule has 0 saturated heterocycles. The molecule has 0 aliphatic heterocycles. The summed E-state index contributed by atoms with van der Waals surface area (Å²) < 4.78 is 5.10. The van der Waals surface area contributed by atoms with E-state index in [1.807, 2.05) is 36.4 Å². The summed E-state index contributed by atoms with van der Waals surface area (Å²) in [7, 11) is 1.62. The third kappa shape index (κ3) is 5.87. The first kappa shape index (κ1) is 18.3. The van der Waals surface area contributed by atoms with Crippen molar-refractivity contribution in [3.8, 4) is 11.5 Å². The smallest absolute Gasteiger partial charge is 0.118 e. The zero-order valence-electron chi connectivity index (χ0n) is 14.1. The Kier molecular flexibility index (Phi) is 7.09. The maximum Gasteiger partial charge on any atom is 0.118 e. The van der Waals surface area contributed by atoms with Gasteiger partial charge < -0.3 is 20.1 Å². The number of aliphatic hydroxyl groups excluding tert-OH is 2. The molecule has 0 amide bonds. The average molecular weight is 330 g/mol. The van der Waals surface area contributed by atoms with Crippen LogP contribution in [0.25, 0.3) is 0 Å². The summed E-state index contributed by atoms with van der Waals surface area (Å²) in [5.41, 5.74) is 1.97. The van der Waals surface area contributed by atoms with Gasteiger partial charge >= 0.3 is 0 Å². The third-order valence-corrected chi connectivity index (χ3v) is 4.22. The van der Waals surface area contributed by atoms with E-state index in [1.165, 1.54) is 0 Å². The molecule has 0 radical (unpaired) electrons. The number of benzene rings is 2. The van der Waals surface area contributed by atoms with Crippen LogP contribution in [0.5, 0.6) is 11.5 Å². The monoisotopic (exact) mass is 330 g/mol. The highest BCUT2D eigenvalue weighted by atomic mass is 16.5. The Balaban J connectivity index is 1.67. The lowest BCUT2D eigenvalue weighted by Crippen LogP contribution is -2.09. The molecule has 0 saturated carbocycles. The van der Waals surface area contributed by atoms with Gasteiger partial charge in [-0.1, -0.05) is 24.3 Å². The fourth-order valence-corrected chi connectivity index (χ4v) is 2.68. The second kappa shape index (κ2) is 9.30. The van der Waals surface area contributed by atoms with E-state index in [0.29, 0.717) is 19.3 Å². The van der Waals surface area contributed by atoms with E-state index in [9.17, 15) is 15.3 Å². The minimum atomic E-state index is -0.514. The van der Waals surface area contributed by atoms with Crippen molar-refractivity contribution in [2.75, 3.05) is 7.11 Å². The van der Waals surface area contributed by atoms with Crippen molar-refractivity contribution in [2.45, 2.75) is 44.3 Å². The van der Waals surface area contributed by atoms with Gasteiger partial charge in [-0.05, 0) is 67.5 Å². The van der Waals surface area contributed by atoms with Gasteiger partial charge in [-0.3, -0.25) is 0 Å². The van der Waals surface area contributed by atoms with E-state index in [2.05, 4.69) is 0 Å². The van der Waals surface area contributed by atoms with Gasteiger partial charge in [0.1, 0.15) is 11.5 Å². The highest BCUT2D eigenvalue weighted by Crippen LogP contribution is 2.22. The summed E-state index contributed by atoms with van der Waals surface area (Å²) in [5.74, 6) is 1.03. The van der Waals surface area contributed by atoms with Crippen LogP contribution >= 0.6 is 0 Å². The first-order chi connectivity index (χ1) is 11.6. The summed E-state index contributed by atoms with van der Waals surface area (Å²) in [6.45, 7) is 0. The molecule has 2 aromatic carbocycles. The van der Waals surface area contributed by atoms with Gasteiger partial charge in [-0.15, -0.1) is 0 Å². The number of aryl methyl sites for hydroxylation is 1. The standard InChI is InChI=1S/C20H26O4/c1-24-19-13-8-16(9-14-19)20(23)4-2-3-17(21)10-5-15-6-11-18(22)12-7-15/h6-9,11-14,17,20-23H,2-5,10H2,1H3. The predicted molar refractivity (Wildman–Crippen MR) is 94.2 cm³/mol. The lowest BCUT2D eigenvalue weighted by molar-refractivity contribution is 0.129. The molecule has 0 aromatic heterocycles. The Morgan fingerprint density at radius 3 is 2.17 bits per heavy atom. The number of ether oxygens (including phenoxy) is 1. The molecule has 24 heavy (non-hydrogen) atoms. The van der Waals surface area contributed by atoms with Crippen molar-refractivity contribution in [3.05, 3.63) is 59.7 Å². The molecule has 2 rings (SSSR count). The molecule has 0 heterocycles. The number of aromatic hydroxyl groups is 1. The van der Waals surface area contributed by atoms with E-state index in [-0.39, 0.29) is 11.9 Å². The molecule has 2 atom stereocenters. The molecule has 4 nitrogen and oxygen atoms in total. The van der Waals surface area contributed by atoms with Crippen molar-refractivity contribution in [1.82, 2.24) is 0 Å². The van der Waals surface area contributed by atoms with Gasteiger partial charge in [-0.2, -0.15) is 0 Å². The molecular weight excluding hydrogens is 304 g/mol. The van der Waals surface area contributed by atoms with Crippen LogP contribution < -0.4 is 4.74 Å². The highest BCUT2D eigenvalue weighted by molar-refractivity contribution is 5.28. The average Bonchev–Trinajstić information content (AvgIpc) is 2.61. The van der Waals surface area contributed by atoms with Crippen LogP contribution in [0.15, 0.2) is 48.5 Å². The van der Waals surface area contributed by atoms with Gasteiger partial charge in [-0.25, -0.2) is 0 Å². The molecule has 3 N–H and O–H groups in total. The minimum Gasteiger partial charge on any atom is -0.508 e. The van der Waals surface area contributed by atoms with Gasteiger partial charge in [0.05, 0.1) is 19.3 Å². The third-order valence-electron chi connectivity index (χ3n) is 4.22. The number of aliphatic hydroxyl groups is 2. The zero-order chi connectivity index (χ0) is 17.4. The van der Waals surface area contributed by atoms with Crippen molar-refractivity contribution in [3.63, 3.8) is 0 Å². The molecular formula is C20H26O4. The van der Waals surface area contributed by atoms with Crippen LogP contribution in [-0.2, 0) is 6.42 Å². The van der Waals surface area contributed by atoms with Gasteiger partial charge in [0.15, 0.2) is 0 Å². The van der Waals surface area contributed by atoms with E-state index in [0.717, 1.165) is 29.7 Å². The zero-order valence-corrected chi connectivity index (χ0v) is 14.1. The van der Waals surface area contributed by atoms with Crippen LogP contribution in [-0.4, -0.2) is 28.5 Å². The molecule has 0 aliphatic carbocycles. The number of hydrogen-bond donors (Lipinski definition) is 3. The Hall–Kier alpha value is -2.04. The van der Waals surface area contributed by atoms with Crippen LogP contribution in [0, 0.1) is 0 Å². The van der Waals surface area contributed by atoms with Gasteiger partial charge in [0.25, 0.3) is 0 Å². The van der Waals surface area contributed by atoms with Crippen LogP contribution in [0.3, 0.4) is 0 Å². The van der Waals surface area contributed by atoms with E-state index in [4.69, 9.17) is 4.74 Å². The summed E-state index contributed by atoms with van der Waals surface area (Å²) in [6.07, 6.45) is 2.64. The summed E-state index contributed by atoms with van der Waals surface area (Å²) in [6, 6.07) is 14.5. The van der Waals surface area contributed by atoms with Crippen molar-refractivity contribution in [1.29, 1.82) is 0 Å². The summed E-state index contributed by atoms with van der Waals surface area (Å²) in [5, 5.41) is 29.5. The number of hydrogen-bond acceptors (Lipinski definition) is 4. The van der Waals surface area contributed by atoms with Gasteiger partial charge in [0.2, 0.25) is 0 Å². The molecule has 0 fully saturated rings. The molecule has 2 unspecified atom stereocenters. The topological polar surface area (TPSA) is 69.9 Å². The van der Waals surface area contributed by atoms with E-state index in [1.54, 1.807) is 19.2 Å². The second-order valence-corrected chi connectivity index (χ2v) is 6.08. The molecule has 130 valence electrons. The van der Waals surface area contributed by atoms with Crippen molar-refractivity contribution in [2.24, 2.45) is 0 Å². The first-order valence-corrected chi connectivity index (χ1v) is 8.36. The Labute approximate surface area is 143 Å². The fourth-order valence-electron chi connectivity index (χ4n) is 2.68. The Morgan fingerprint density at radius 2 is 1.54 bits per heavy atom. The molecule has 0 bridgehead atoms. The molecule has 0 aliphatic rings. The number of phenols is 1.